The summed E-state index contributed by atoms with van der Waals surface area (Å²) in [5.74, 6) is 0.178. The van der Waals surface area contributed by atoms with E-state index in [0.29, 0.717) is 17.9 Å². The Bertz CT molecular complexity index is 648. The van der Waals surface area contributed by atoms with E-state index >= 15 is 0 Å². The third-order valence-electron chi connectivity index (χ3n) is 3.70. The van der Waals surface area contributed by atoms with Gasteiger partial charge in [0.1, 0.15) is 17.5 Å². The molecule has 104 valence electrons. The molecular formula is C15H16N2O3. The molecule has 1 atom stereocenters. The molecule has 0 bridgehead atoms. The maximum absolute atomic E-state index is 11.3. The molecule has 5 nitrogen and oxygen atoms in total. The van der Waals surface area contributed by atoms with Gasteiger partial charge < -0.3 is 14.8 Å². The SMILES string of the molecule is COc1cccc(-c2nc3c([nH]2)CCCC3C(=O)O)c1. The third kappa shape index (κ3) is 2.15. The van der Waals surface area contributed by atoms with Crippen molar-refractivity contribution in [3.05, 3.63) is 35.7 Å². The Labute approximate surface area is 116 Å². The zero-order valence-electron chi connectivity index (χ0n) is 11.2. The Morgan fingerprint density at radius 2 is 2.35 bits per heavy atom. The van der Waals surface area contributed by atoms with E-state index in [9.17, 15) is 9.90 Å². The number of aliphatic carboxylic acids is 1. The largest absolute Gasteiger partial charge is 0.497 e. The minimum absolute atomic E-state index is 0.491. The van der Waals surface area contributed by atoms with Gasteiger partial charge in [0.15, 0.2) is 0 Å². The van der Waals surface area contributed by atoms with E-state index in [1.165, 1.54) is 0 Å². The second kappa shape index (κ2) is 5.00. The summed E-state index contributed by atoms with van der Waals surface area (Å²) < 4.78 is 5.20. The van der Waals surface area contributed by atoms with Crippen molar-refractivity contribution >= 4 is 5.97 Å². The van der Waals surface area contributed by atoms with Gasteiger partial charge in [-0.3, -0.25) is 4.79 Å². The summed E-state index contributed by atoms with van der Waals surface area (Å²) in [6.07, 6.45) is 2.39. The lowest BCUT2D eigenvalue weighted by Gasteiger charge is -2.16. The Hall–Kier alpha value is -2.30. The van der Waals surface area contributed by atoms with E-state index in [4.69, 9.17) is 4.74 Å². The fourth-order valence-corrected chi connectivity index (χ4v) is 2.67. The van der Waals surface area contributed by atoms with Crippen molar-refractivity contribution < 1.29 is 14.6 Å². The molecule has 2 N–H and O–H groups in total. The lowest BCUT2D eigenvalue weighted by molar-refractivity contribution is -0.139. The molecule has 2 aromatic rings. The number of methoxy groups -OCH3 is 1. The summed E-state index contributed by atoms with van der Waals surface area (Å²) in [7, 11) is 1.62. The standard InChI is InChI=1S/C15H16N2O3/c1-20-10-5-2-4-9(8-10)14-16-12-7-3-6-11(15(18)19)13(12)17-14/h2,4-5,8,11H,3,6-7H2,1H3,(H,16,17)(H,18,19). The number of H-pyrrole nitrogens is 1. The molecule has 0 fully saturated rings. The molecule has 0 saturated heterocycles. The van der Waals surface area contributed by atoms with E-state index < -0.39 is 11.9 Å². The Kier molecular flexibility index (Phi) is 3.18. The molecule has 1 aromatic heterocycles. The first-order chi connectivity index (χ1) is 9.69. The predicted octanol–water partition coefficient (Wildman–Crippen LogP) is 2.59. The number of aromatic amines is 1. The number of aromatic nitrogens is 2. The van der Waals surface area contributed by atoms with Crippen LogP contribution in [-0.4, -0.2) is 28.2 Å². The van der Waals surface area contributed by atoms with Crippen LogP contribution in [0.5, 0.6) is 5.75 Å². The molecular weight excluding hydrogens is 256 g/mol. The fraction of sp³-hybridized carbons (Fsp3) is 0.333. The van der Waals surface area contributed by atoms with Crippen LogP contribution in [0.25, 0.3) is 11.4 Å². The molecule has 0 aliphatic heterocycles. The first-order valence-electron chi connectivity index (χ1n) is 6.65. The number of carbonyl (C=O) groups is 1. The van der Waals surface area contributed by atoms with E-state index in [2.05, 4.69) is 9.97 Å². The predicted molar refractivity (Wildman–Crippen MR) is 73.9 cm³/mol. The van der Waals surface area contributed by atoms with Crippen molar-refractivity contribution in [2.45, 2.75) is 25.2 Å². The molecule has 1 aliphatic carbocycles. The fourth-order valence-electron chi connectivity index (χ4n) is 2.67. The minimum atomic E-state index is -0.797. The highest BCUT2D eigenvalue weighted by Gasteiger charge is 2.29. The second-order valence-corrected chi connectivity index (χ2v) is 4.96. The third-order valence-corrected chi connectivity index (χ3v) is 3.70. The summed E-state index contributed by atoms with van der Waals surface area (Å²) in [5, 5.41) is 9.27. The first kappa shape index (κ1) is 12.7. The van der Waals surface area contributed by atoms with Gasteiger partial charge in [0.2, 0.25) is 0 Å². The zero-order valence-corrected chi connectivity index (χ0v) is 11.2. The molecule has 1 aromatic carbocycles. The van der Waals surface area contributed by atoms with Crippen LogP contribution in [0.15, 0.2) is 24.3 Å². The average Bonchev–Trinajstić information content (AvgIpc) is 2.91. The van der Waals surface area contributed by atoms with Gasteiger partial charge in [-0.2, -0.15) is 0 Å². The summed E-state index contributed by atoms with van der Waals surface area (Å²) in [5.41, 5.74) is 2.53. The van der Waals surface area contributed by atoms with Gasteiger partial charge >= 0.3 is 5.97 Å². The van der Waals surface area contributed by atoms with Crippen LogP contribution in [0.4, 0.5) is 0 Å². The topological polar surface area (TPSA) is 75.2 Å². The lowest BCUT2D eigenvalue weighted by Crippen LogP contribution is -2.17. The van der Waals surface area contributed by atoms with Crippen molar-refractivity contribution in [2.75, 3.05) is 7.11 Å². The van der Waals surface area contributed by atoms with Crippen molar-refractivity contribution in [1.29, 1.82) is 0 Å². The van der Waals surface area contributed by atoms with Crippen molar-refractivity contribution in [3.8, 4) is 17.1 Å². The minimum Gasteiger partial charge on any atom is -0.497 e. The highest BCUT2D eigenvalue weighted by Crippen LogP contribution is 2.32. The van der Waals surface area contributed by atoms with Crippen LogP contribution < -0.4 is 4.74 Å². The number of ether oxygens (including phenoxy) is 1. The Balaban J connectivity index is 2.02. The summed E-state index contributed by atoms with van der Waals surface area (Å²) in [6.45, 7) is 0. The highest BCUT2D eigenvalue weighted by atomic mass is 16.5. The van der Waals surface area contributed by atoms with Gasteiger partial charge in [0, 0.05) is 11.3 Å². The van der Waals surface area contributed by atoms with Crippen LogP contribution in [-0.2, 0) is 11.2 Å². The normalized spacial score (nSPS) is 17.6. The quantitative estimate of drug-likeness (QED) is 0.900. The highest BCUT2D eigenvalue weighted by molar-refractivity contribution is 5.76. The first-order valence-corrected chi connectivity index (χ1v) is 6.65. The maximum Gasteiger partial charge on any atom is 0.312 e. The number of rotatable bonds is 3. The average molecular weight is 272 g/mol. The van der Waals surface area contributed by atoms with Gasteiger partial charge in [-0.05, 0) is 31.4 Å². The zero-order chi connectivity index (χ0) is 14.1. The molecule has 20 heavy (non-hydrogen) atoms. The number of carboxylic acids is 1. The Morgan fingerprint density at radius 1 is 1.50 bits per heavy atom. The maximum atomic E-state index is 11.3. The van der Waals surface area contributed by atoms with Crippen LogP contribution >= 0.6 is 0 Å². The number of hydrogen-bond acceptors (Lipinski definition) is 3. The Morgan fingerprint density at radius 3 is 3.10 bits per heavy atom. The summed E-state index contributed by atoms with van der Waals surface area (Å²) in [6, 6.07) is 7.58. The van der Waals surface area contributed by atoms with Crippen molar-refractivity contribution in [2.24, 2.45) is 0 Å². The number of carboxylic acid groups (broad SMARTS) is 1. The number of nitrogens with zero attached hydrogens (tertiary/aromatic N) is 1. The van der Waals surface area contributed by atoms with Crippen molar-refractivity contribution in [1.82, 2.24) is 9.97 Å². The number of fused-ring (bicyclic) bond motifs is 1. The van der Waals surface area contributed by atoms with E-state index in [-0.39, 0.29) is 0 Å². The van der Waals surface area contributed by atoms with E-state index in [1.807, 2.05) is 24.3 Å². The molecule has 0 spiro atoms. The number of benzene rings is 1. The van der Waals surface area contributed by atoms with Gasteiger partial charge in [-0.1, -0.05) is 12.1 Å². The van der Waals surface area contributed by atoms with Crippen LogP contribution in [0.1, 0.15) is 30.1 Å². The lowest BCUT2D eigenvalue weighted by atomic mass is 9.90. The number of nitrogens with one attached hydrogen (secondary N) is 1. The molecule has 0 radical (unpaired) electrons. The van der Waals surface area contributed by atoms with E-state index in [0.717, 1.165) is 29.8 Å². The van der Waals surface area contributed by atoms with Gasteiger partial charge in [0.25, 0.3) is 0 Å². The van der Waals surface area contributed by atoms with Crippen LogP contribution in [0.2, 0.25) is 0 Å². The van der Waals surface area contributed by atoms with Gasteiger partial charge in [0.05, 0.1) is 12.8 Å². The molecule has 1 aliphatic rings. The molecule has 1 unspecified atom stereocenters. The molecule has 0 amide bonds. The molecule has 5 heteroatoms. The van der Waals surface area contributed by atoms with Gasteiger partial charge in [-0.25, -0.2) is 4.98 Å². The monoisotopic (exact) mass is 272 g/mol. The van der Waals surface area contributed by atoms with Crippen molar-refractivity contribution in [3.63, 3.8) is 0 Å². The van der Waals surface area contributed by atoms with Crippen LogP contribution in [0, 0.1) is 0 Å². The number of hydrogen-bond donors (Lipinski definition) is 2. The van der Waals surface area contributed by atoms with E-state index in [1.54, 1.807) is 7.11 Å². The molecule has 1 heterocycles. The summed E-state index contributed by atoms with van der Waals surface area (Å²) in [4.78, 5) is 19.1. The number of imidazole rings is 1. The molecule has 0 saturated carbocycles. The second-order valence-electron chi connectivity index (χ2n) is 4.96. The van der Waals surface area contributed by atoms with Gasteiger partial charge in [-0.15, -0.1) is 0 Å². The number of aryl methyl sites for hydroxylation is 1. The molecule has 3 rings (SSSR count). The smallest absolute Gasteiger partial charge is 0.312 e. The summed E-state index contributed by atoms with van der Waals surface area (Å²) >= 11 is 0. The van der Waals surface area contributed by atoms with Crippen LogP contribution in [0.3, 0.4) is 0 Å².